The van der Waals surface area contributed by atoms with Crippen molar-refractivity contribution < 1.29 is 4.79 Å². The number of hydrogen-bond acceptors (Lipinski definition) is 1. The summed E-state index contributed by atoms with van der Waals surface area (Å²) in [6, 6.07) is 7.69. The van der Waals surface area contributed by atoms with Gasteiger partial charge in [-0.05, 0) is 17.6 Å². The molecule has 0 aliphatic heterocycles. The average molecular weight is 188 g/mol. The zero-order valence-corrected chi connectivity index (χ0v) is 8.84. The predicted octanol–water partition coefficient (Wildman–Crippen LogP) is 3.70. The Balaban J connectivity index is 2.89. The second kappa shape index (κ2) is 4.75. The summed E-state index contributed by atoms with van der Waals surface area (Å²) in [5.41, 5.74) is 3.03. The van der Waals surface area contributed by atoms with Crippen LogP contribution in [0.25, 0.3) is 5.57 Å². The molecular weight excluding hydrogens is 172 g/mol. The molecule has 14 heavy (non-hydrogen) atoms. The Hall–Kier alpha value is -1.37. The summed E-state index contributed by atoms with van der Waals surface area (Å²) in [4.78, 5) is 11.3. The lowest BCUT2D eigenvalue weighted by Crippen LogP contribution is -1.95. The Morgan fingerprint density at radius 3 is 2.00 bits per heavy atom. The molecule has 0 unspecified atom stereocenters. The topological polar surface area (TPSA) is 17.1 Å². The molecule has 0 N–H and O–H groups in total. The van der Waals surface area contributed by atoms with Crippen LogP contribution in [-0.4, -0.2) is 5.78 Å². The Kier molecular flexibility index (Phi) is 3.63. The van der Waals surface area contributed by atoms with Crippen LogP contribution in [0.2, 0.25) is 0 Å². The van der Waals surface area contributed by atoms with Gasteiger partial charge in [0.15, 0.2) is 5.78 Å². The molecule has 0 aliphatic rings. The van der Waals surface area contributed by atoms with E-state index < -0.39 is 0 Å². The van der Waals surface area contributed by atoms with Crippen molar-refractivity contribution >= 4 is 11.4 Å². The minimum atomic E-state index is 0.193. The third kappa shape index (κ3) is 2.32. The van der Waals surface area contributed by atoms with E-state index in [1.807, 2.05) is 31.2 Å². The summed E-state index contributed by atoms with van der Waals surface area (Å²) < 4.78 is 0. The summed E-state index contributed by atoms with van der Waals surface area (Å²) >= 11 is 0. The van der Waals surface area contributed by atoms with Gasteiger partial charge in [-0.1, -0.05) is 44.7 Å². The minimum absolute atomic E-state index is 0.193. The Morgan fingerprint density at radius 2 is 1.57 bits per heavy atom. The number of benzene rings is 1. The first-order valence-electron chi connectivity index (χ1n) is 5.00. The van der Waals surface area contributed by atoms with E-state index in [9.17, 15) is 4.79 Å². The molecule has 0 bridgehead atoms. The first-order chi connectivity index (χ1) is 6.69. The van der Waals surface area contributed by atoms with Crippen molar-refractivity contribution in [1.29, 1.82) is 0 Å². The van der Waals surface area contributed by atoms with E-state index in [1.165, 1.54) is 0 Å². The smallest absolute Gasteiger partial charge is 0.162 e. The summed E-state index contributed by atoms with van der Waals surface area (Å²) in [7, 11) is 0. The monoisotopic (exact) mass is 188 g/mol. The molecule has 1 aromatic carbocycles. The number of hydrogen-bond donors (Lipinski definition) is 0. The van der Waals surface area contributed by atoms with Crippen molar-refractivity contribution in [1.82, 2.24) is 0 Å². The standard InChI is InChI=1S/C13H16O/c1-4-10(3)11-6-8-12(9-7-11)13(14)5-2/h6-9H,3-5H2,1-2H3. The van der Waals surface area contributed by atoms with E-state index in [1.54, 1.807) is 0 Å². The Labute approximate surface area is 85.5 Å². The molecule has 1 heteroatoms. The first kappa shape index (κ1) is 10.7. The van der Waals surface area contributed by atoms with Gasteiger partial charge in [-0.25, -0.2) is 0 Å². The molecule has 1 aromatic rings. The molecule has 0 aromatic heterocycles. The molecule has 0 amide bonds. The number of Topliss-reactive ketones (excluding diaryl/α,β-unsaturated/α-hetero) is 1. The van der Waals surface area contributed by atoms with Crippen LogP contribution in [0, 0.1) is 0 Å². The fourth-order valence-electron chi connectivity index (χ4n) is 1.30. The van der Waals surface area contributed by atoms with Crippen LogP contribution < -0.4 is 0 Å². The highest BCUT2D eigenvalue weighted by Crippen LogP contribution is 2.16. The molecule has 0 aliphatic carbocycles. The summed E-state index contributed by atoms with van der Waals surface area (Å²) in [5, 5.41) is 0. The SMILES string of the molecule is C=C(CC)c1ccc(C(=O)CC)cc1. The van der Waals surface area contributed by atoms with E-state index >= 15 is 0 Å². The van der Waals surface area contributed by atoms with Gasteiger partial charge in [0.1, 0.15) is 0 Å². The highest BCUT2D eigenvalue weighted by Gasteiger charge is 2.02. The highest BCUT2D eigenvalue weighted by atomic mass is 16.1. The molecule has 0 heterocycles. The largest absolute Gasteiger partial charge is 0.294 e. The first-order valence-corrected chi connectivity index (χ1v) is 5.00. The number of rotatable bonds is 4. The maximum absolute atomic E-state index is 11.3. The number of allylic oxidation sites excluding steroid dienone is 1. The fraction of sp³-hybridized carbons (Fsp3) is 0.308. The summed E-state index contributed by atoms with van der Waals surface area (Å²) in [5.74, 6) is 0.193. The number of carbonyl (C=O) groups is 1. The van der Waals surface area contributed by atoms with Gasteiger partial charge in [-0.3, -0.25) is 4.79 Å². The van der Waals surface area contributed by atoms with Crippen molar-refractivity contribution in [3.05, 3.63) is 42.0 Å². The van der Waals surface area contributed by atoms with Crippen LogP contribution in [0.4, 0.5) is 0 Å². The maximum atomic E-state index is 11.3. The van der Waals surface area contributed by atoms with Crippen molar-refractivity contribution in [2.45, 2.75) is 26.7 Å². The number of ketones is 1. The van der Waals surface area contributed by atoms with Gasteiger partial charge in [0.2, 0.25) is 0 Å². The number of carbonyl (C=O) groups excluding carboxylic acids is 1. The Morgan fingerprint density at radius 1 is 1.07 bits per heavy atom. The molecule has 0 saturated heterocycles. The minimum Gasteiger partial charge on any atom is -0.294 e. The van der Waals surface area contributed by atoms with E-state index in [2.05, 4.69) is 13.5 Å². The van der Waals surface area contributed by atoms with Crippen LogP contribution in [0.15, 0.2) is 30.8 Å². The highest BCUT2D eigenvalue weighted by molar-refractivity contribution is 5.96. The van der Waals surface area contributed by atoms with Crippen molar-refractivity contribution in [2.75, 3.05) is 0 Å². The lowest BCUT2D eigenvalue weighted by atomic mass is 10.0. The lowest BCUT2D eigenvalue weighted by Gasteiger charge is -2.03. The Bertz CT molecular complexity index is 298. The van der Waals surface area contributed by atoms with Gasteiger partial charge in [-0.2, -0.15) is 0 Å². The molecule has 1 nitrogen and oxygen atoms in total. The molecule has 74 valence electrons. The molecule has 0 radical (unpaired) electrons. The van der Waals surface area contributed by atoms with Crippen molar-refractivity contribution in [2.24, 2.45) is 0 Å². The van der Waals surface area contributed by atoms with Gasteiger partial charge in [0, 0.05) is 12.0 Å². The van der Waals surface area contributed by atoms with Crippen LogP contribution in [0.3, 0.4) is 0 Å². The fourth-order valence-corrected chi connectivity index (χ4v) is 1.30. The average Bonchev–Trinajstić information content (AvgIpc) is 2.27. The van der Waals surface area contributed by atoms with Crippen molar-refractivity contribution in [3.8, 4) is 0 Å². The van der Waals surface area contributed by atoms with Gasteiger partial charge in [0.05, 0.1) is 0 Å². The zero-order valence-electron chi connectivity index (χ0n) is 8.84. The van der Waals surface area contributed by atoms with E-state index in [0.29, 0.717) is 6.42 Å². The summed E-state index contributed by atoms with van der Waals surface area (Å²) in [6.45, 7) is 7.91. The van der Waals surface area contributed by atoms with E-state index in [0.717, 1.165) is 23.1 Å². The molecular formula is C13H16O. The normalized spacial score (nSPS) is 9.86. The molecule has 0 fully saturated rings. The third-order valence-electron chi connectivity index (χ3n) is 2.36. The van der Waals surface area contributed by atoms with Crippen LogP contribution in [0.1, 0.15) is 42.6 Å². The predicted molar refractivity (Wildman–Crippen MR) is 60.4 cm³/mol. The van der Waals surface area contributed by atoms with Gasteiger partial charge in [0.25, 0.3) is 0 Å². The van der Waals surface area contributed by atoms with Crippen LogP contribution in [-0.2, 0) is 0 Å². The van der Waals surface area contributed by atoms with Gasteiger partial charge >= 0.3 is 0 Å². The summed E-state index contributed by atoms with van der Waals surface area (Å²) in [6.07, 6.45) is 1.51. The van der Waals surface area contributed by atoms with Gasteiger partial charge in [-0.15, -0.1) is 0 Å². The second-order valence-corrected chi connectivity index (χ2v) is 3.31. The van der Waals surface area contributed by atoms with E-state index in [-0.39, 0.29) is 5.78 Å². The quantitative estimate of drug-likeness (QED) is 0.658. The zero-order chi connectivity index (χ0) is 10.6. The van der Waals surface area contributed by atoms with Gasteiger partial charge < -0.3 is 0 Å². The molecule has 0 atom stereocenters. The van der Waals surface area contributed by atoms with E-state index in [4.69, 9.17) is 0 Å². The lowest BCUT2D eigenvalue weighted by molar-refractivity contribution is 0.0988. The third-order valence-corrected chi connectivity index (χ3v) is 2.36. The van der Waals surface area contributed by atoms with Crippen LogP contribution >= 0.6 is 0 Å². The second-order valence-electron chi connectivity index (χ2n) is 3.31. The molecule has 1 rings (SSSR count). The molecule has 0 spiro atoms. The van der Waals surface area contributed by atoms with Crippen LogP contribution in [0.5, 0.6) is 0 Å². The van der Waals surface area contributed by atoms with Crippen molar-refractivity contribution in [3.63, 3.8) is 0 Å². The molecule has 0 saturated carbocycles. The maximum Gasteiger partial charge on any atom is 0.162 e.